The molecule has 1 saturated heterocycles. The second-order valence-corrected chi connectivity index (χ2v) is 8.87. The first-order chi connectivity index (χ1) is 16.9. The fraction of sp³-hybridized carbons (Fsp3) is 0.417. The number of carbonyl (C=O) groups is 2. The van der Waals surface area contributed by atoms with Gasteiger partial charge in [-0.1, -0.05) is 0 Å². The molecule has 2 atom stereocenters. The Morgan fingerprint density at radius 1 is 1.31 bits per heavy atom. The van der Waals surface area contributed by atoms with Crippen molar-refractivity contribution in [3.05, 3.63) is 42.2 Å². The highest BCUT2D eigenvalue weighted by Crippen LogP contribution is 2.30. The Morgan fingerprint density at radius 3 is 2.97 bits per heavy atom. The molecule has 0 spiro atoms. The number of aromatic nitrogens is 3. The zero-order valence-corrected chi connectivity index (χ0v) is 19.9. The molecule has 4 heterocycles. The van der Waals surface area contributed by atoms with E-state index in [1.54, 1.807) is 47.1 Å². The average molecular weight is 481 g/mol. The van der Waals surface area contributed by atoms with Gasteiger partial charge in [0.05, 0.1) is 18.3 Å². The van der Waals surface area contributed by atoms with Crippen molar-refractivity contribution in [2.75, 3.05) is 32.1 Å². The molecule has 2 amide bonds. The van der Waals surface area contributed by atoms with Gasteiger partial charge in [0, 0.05) is 55.7 Å². The molecular weight excluding hydrogens is 452 g/mol. The minimum absolute atomic E-state index is 0.0591. The van der Waals surface area contributed by atoms with Crippen LogP contribution in [0.4, 0.5) is 5.69 Å². The van der Waals surface area contributed by atoms with Crippen molar-refractivity contribution < 1.29 is 23.9 Å². The van der Waals surface area contributed by atoms with Gasteiger partial charge in [-0.05, 0) is 37.6 Å². The van der Waals surface area contributed by atoms with E-state index in [1.165, 1.54) is 0 Å². The maximum Gasteiger partial charge on any atom is 0.274 e. The zero-order chi connectivity index (χ0) is 24.5. The maximum absolute atomic E-state index is 12.8. The first-order valence-electron chi connectivity index (χ1n) is 11.6. The predicted octanol–water partition coefficient (Wildman–Crippen LogP) is 1.89. The van der Waals surface area contributed by atoms with E-state index in [-0.39, 0.29) is 24.0 Å². The molecule has 2 aromatic heterocycles. The second-order valence-electron chi connectivity index (χ2n) is 8.87. The molecule has 35 heavy (non-hydrogen) atoms. The Balaban J connectivity index is 1.55. The number of methoxy groups -OCH3 is 1. The topological polar surface area (TPSA) is 119 Å². The molecule has 184 valence electrons. The van der Waals surface area contributed by atoms with Gasteiger partial charge in [-0.15, -0.1) is 0 Å². The van der Waals surface area contributed by atoms with Gasteiger partial charge < -0.3 is 19.7 Å². The Labute approximate surface area is 202 Å². The van der Waals surface area contributed by atoms with E-state index in [0.29, 0.717) is 43.2 Å². The van der Waals surface area contributed by atoms with Gasteiger partial charge >= 0.3 is 0 Å². The van der Waals surface area contributed by atoms with Crippen LogP contribution in [0.2, 0.25) is 0 Å². The second kappa shape index (κ2) is 9.51. The van der Waals surface area contributed by atoms with Gasteiger partial charge in [0.2, 0.25) is 5.88 Å². The lowest BCUT2D eigenvalue weighted by Gasteiger charge is -2.25. The largest absolute Gasteiger partial charge is 0.475 e. The number of hydrogen-bond donors (Lipinski definition) is 2. The number of nitrogens with zero attached hydrogens (tertiary/aromatic N) is 4. The third-order valence-electron chi connectivity index (χ3n) is 6.11. The van der Waals surface area contributed by atoms with E-state index in [4.69, 9.17) is 14.3 Å². The van der Waals surface area contributed by atoms with Gasteiger partial charge in [-0.25, -0.2) is 10.00 Å². The Kier molecular flexibility index (Phi) is 6.27. The number of nitrogens with one attached hydrogen (secondary N) is 2. The van der Waals surface area contributed by atoms with Crippen LogP contribution >= 0.6 is 0 Å². The van der Waals surface area contributed by atoms with E-state index in [1.807, 2.05) is 19.9 Å². The first kappa shape index (κ1) is 23.1. The summed E-state index contributed by atoms with van der Waals surface area (Å²) in [5, 5.41) is 7.76. The Morgan fingerprint density at radius 2 is 2.17 bits per heavy atom. The number of hydroxylamine groups is 1. The smallest absolute Gasteiger partial charge is 0.274 e. The first-order valence-corrected chi connectivity index (χ1v) is 11.6. The summed E-state index contributed by atoms with van der Waals surface area (Å²) in [7, 11) is 1.54. The minimum Gasteiger partial charge on any atom is -0.475 e. The molecule has 11 nitrogen and oxygen atoms in total. The van der Waals surface area contributed by atoms with E-state index in [9.17, 15) is 9.59 Å². The monoisotopic (exact) mass is 480 g/mol. The molecule has 2 N–H and O–H groups in total. The van der Waals surface area contributed by atoms with Crippen molar-refractivity contribution in [2.24, 2.45) is 0 Å². The normalized spacial score (nSPS) is 19.9. The molecular formula is C24H28N6O5. The van der Waals surface area contributed by atoms with E-state index < -0.39 is 6.10 Å². The number of ether oxygens (including phenoxy) is 2. The van der Waals surface area contributed by atoms with Crippen LogP contribution in [-0.4, -0.2) is 76.4 Å². The quantitative estimate of drug-likeness (QED) is 0.544. The van der Waals surface area contributed by atoms with Crippen molar-refractivity contribution in [1.82, 2.24) is 25.0 Å². The molecule has 2 aliphatic heterocycles. The molecule has 4 bridgehead atoms. The summed E-state index contributed by atoms with van der Waals surface area (Å²) in [5.41, 5.74) is 5.74. The average Bonchev–Trinajstić information content (AvgIpc) is 3.41. The fourth-order valence-electron chi connectivity index (χ4n) is 4.37. The van der Waals surface area contributed by atoms with Gasteiger partial charge in [0.1, 0.15) is 12.7 Å². The van der Waals surface area contributed by atoms with Crippen LogP contribution in [0, 0.1) is 0 Å². The number of anilines is 1. The van der Waals surface area contributed by atoms with Crippen LogP contribution < -0.4 is 15.5 Å². The van der Waals surface area contributed by atoms with Crippen molar-refractivity contribution in [2.45, 2.75) is 38.5 Å². The highest BCUT2D eigenvalue weighted by atomic mass is 16.7. The van der Waals surface area contributed by atoms with Crippen LogP contribution in [0.15, 0.2) is 36.7 Å². The molecule has 5 rings (SSSR count). The van der Waals surface area contributed by atoms with E-state index in [2.05, 4.69) is 20.9 Å². The number of hydrogen-bond acceptors (Lipinski definition) is 8. The van der Waals surface area contributed by atoms with Crippen LogP contribution in [-0.2, 0) is 14.4 Å². The van der Waals surface area contributed by atoms with Crippen LogP contribution in [0.1, 0.15) is 30.6 Å². The number of benzene rings is 1. The third-order valence-corrected chi connectivity index (χ3v) is 6.11. The molecule has 11 heteroatoms. The van der Waals surface area contributed by atoms with Crippen LogP contribution in [0.25, 0.3) is 16.8 Å². The fourth-order valence-corrected chi connectivity index (χ4v) is 4.37. The lowest BCUT2D eigenvalue weighted by Crippen LogP contribution is -2.41. The highest BCUT2D eigenvalue weighted by molar-refractivity contribution is 5.97. The van der Waals surface area contributed by atoms with Crippen LogP contribution in [0.3, 0.4) is 0 Å². The van der Waals surface area contributed by atoms with Crippen molar-refractivity contribution in [3.8, 4) is 17.0 Å². The third kappa shape index (κ3) is 4.64. The van der Waals surface area contributed by atoms with Crippen molar-refractivity contribution >= 4 is 23.1 Å². The summed E-state index contributed by atoms with van der Waals surface area (Å²) in [5.74, 6) is 0.00850. The van der Waals surface area contributed by atoms with E-state index in [0.717, 1.165) is 16.8 Å². The summed E-state index contributed by atoms with van der Waals surface area (Å²) in [6.07, 6.45) is 3.38. The van der Waals surface area contributed by atoms with Gasteiger partial charge in [0.25, 0.3) is 11.8 Å². The molecule has 0 saturated carbocycles. The highest BCUT2D eigenvalue weighted by Gasteiger charge is 2.39. The number of amides is 2. The molecule has 1 aromatic carbocycles. The zero-order valence-electron chi connectivity index (χ0n) is 19.9. The van der Waals surface area contributed by atoms with Gasteiger partial charge in [0.15, 0.2) is 5.65 Å². The molecule has 1 fully saturated rings. The van der Waals surface area contributed by atoms with Crippen molar-refractivity contribution in [3.63, 3.8) is 0 Å². The lowest BCUT2D eigenvalue weighted by molar-refractivity contribution is -0.136. The van der Waals surface area contributed by atoms with E-state index >= 15 is 0 Å². The molecule has 3 aromatic rings. The summed E-state index contributed by atoms with van der Waals surface area (Å²) in [6.45, 7) is 4.92. The van der Waals surface area contributed by atoms with Crippen LogP contribution in [0.5, 0.6) is 5.88 Å². The van der Waals surface area contributed by atoms with Gasteiger partial charge in [-0.3, -0.25) is 14.4 Å². The van der Waals surface area contributed by atoms with Crippen molar-refractivity contribution in [1.29, 1.82) is 0 Å². The minimum atomic E-state index is -0.490. The summed E-state index contributed by atoms with van der Waals surface area (Å²) in [4.78, 5) is 37.4. The predicted molar refractivity (Wildman–Crippen MR) is 127 cm³/mol. The molecule has 2 aliphatic rings. The number of carbonyl (C=O) groups excluding carboxylic acids is 2. The summed E-state index contributed by atoms with van der Waals surface area (Å²) in [6, 6.07) is 7.05. The SMILES string of the molecule is CO[C@@H]1C[C@H]2COc3ccn4ncc(c4n3)-c3cc(cc(C(=O)NOC(C)C)c3)NCCN2C1=O. The summed E-state index contributed by atoms with van der Waals surface area (Å²) >= 11 is 0. The molecule has 0 unspecified atom stereocenters. The standard InChI is InChI=1S/C24H28N6O5/c1-14(2)35-28-23(31)16-8-15-9-17(10-16)25-5-7-29-18(11-20(33-3)24(29)32)13-34-21-4-6-30-22(27-21)19(15)12-26-30/h4,6,8-10,12,14,18,20,25H,5,7,11,13H2,1-3H3,(H,28,31)/t18-,20+/m0/s1. The molecule has 0 radical (unpaired) electrons. The number of fused-ring (bicyclic) bond motifs is 5. The number of rotatable bonds is 4. The van der Waals surface area contributed by atoms with Gasteiger partial charge in [-0.2, -0.15) is 10.1 Å². The lowest BCUT2D eigenvalue weighted by atomic mass is 10.0. The molecule has 0 aliphatic carbocycles. The summed E-state index contributed by atoms with van der Waals surface area (Å²) < 4.78 is 13.0. The maximum atomic E-state index is 12.8. The Bertz CT molecular complexity index is 1260. The Hall–Kier alpha value is -3.70.